The molecule has 3 atom stereocenters. The molecule has 1 aliphatic rings. The molecule has 134 valence electrons. The van der Waals surface area contributed by atoms with Gasteiger partial charge in [-0.3, -0.25) is 9.69 Å². The molecule has 1 fully saturated rings. The van der Waals surface area contributed by atoms with Gasteiger partial charge in [-0.15, -0.1) is 0 Å². The molecule has 3 unspecified atom stereocenters. The van der Waals surface area contributed by atoms with E-state index in [1.54, 1.807) is 0 Å². The van der Waals surface area contributed by atoms with Crippen LogP contribution in [0.4, 0.5) is 0 Å². The van der Waals surface area contributed by atoms with Gasteiger partial charge in [-0.2, -0.15) is 0 Å². The number of esters is 1. The third kappa shape index (κ3) is 5.07. The van der Waals surface area contributed by atoms with Crippen molar-refractivity contribution >= 4 is 5.97 Å². The maximum absolute atomic E-state index is 11.3. The highest BCUT2D eigenvalue weighted by molar-refractivity contribution is 5.69. The first-order chi connectivity index (χ1) is 11.5. The molecular formula is C21H33NO2. The minimum Gasteiger partial charge on any atom is -0.427 e. The van der Waals surface area contributed by atoms with Crippen LogP contribution in [0, 0.1) is 11.8 Å². The van der Waals surface area contributed by atoms with E-state index in [4.69, 9.17) is 4.74 Å². The Morgan fingerprint density at radius 2 is 2.04 bits per heavy atom. The highest BCUT2D eigenvalue weighted by atomic mass is 16.5. The monoisotopic (exact) mass is 331 g/mol. The predicted molar refractivity (Wildman–Crippen MR) is 99.2 cm³/mol. The molecular weight excluding hydrogens is 298 g/mol. The van der Waals surface area contributed by atoms with Crippen LogP contribution in [0.2, 0.25) is 0 Å². The van der Waals surface area contributed by atoms with Gasteiger partial charge in [0, 0.05) is 13.0 Å². The van der Waals surface area contributed by atoms with Crippen LogP contribution in [0.3, 0.4) is 0 Å². The SMILES string of the molecule is CCCCCCN1CCC(C)C(C)C1c1cccc(OC(C)=O)c1. The third-order valence-electron chi connectivity index (χ3n) is 5.42. The van der Waals surface area contributed by atoms with Gasteiger partial charge in [-0.05, 0) is 55.5 Å². The maximum Gasteiger partial charge on any atom is 0.308 e. The molecule has 1 heterocycles. The standard InChI is InChI=1S/C21H33NO2/c1-5-6-7-8-13-22-14-12-16(2)17(3)21(22)19-10-9-11-20(15-19)24-18(4)23/h9-11,15-17,21H,5-8,12-14H2,1-4H3. The summed E-state index contributed by atoms with van der Waals surface area (Å²) in [5.74, 6) is 1.74. The molecule has 0 aliphatic carbocycles. The van der Waals surface area contributed by atoms with Crippen LogP contribution in [-0.4, -0.2) is 24.0 Å². The van der Waals surface area contributed by atoms with Crippen LogP contribution in [0.25, 0.3) is 0 Å². The zero-order valence-corrected chi connectivity index (χ0v) is 15.8. The molecule has 0 radical (unpaired) electrons. The van der Waals surface area contributed by atoms with Crippen molar-refractivity contribution < 1.29 is 9.53 Å². The third-order valence-corrected chi connectivity index (χ3v) is 5.42. The molecule has 0 aromatic heterocycles. The number of nitrogens with zero attached hydrogens (tertiary/aromatic N) is 1. The lowest BCUT2D eigenvalue weighted by Gasteiger charge is -2.44. The number of hydrogen-bond donors (Lipinski definition) is 0. The van der Waals surface area contributed by atoms with E-state index in [-0.39, 0.29) is 5.97 Å². The lowest BCUT2D eigenvalue weighted by Crippen LogP contribution is -2.42. The van der Waals surface area contributed by atoms with Gasteiger partial charge in [0.05, 0.1) is 0 Å². The van der Waals surface area contributed by atoms with Gasteiger partial charge in [0.25, 0.3) is 0 Å². The Bertz CT molecular complexity index is 528. The fraction of sp³-hybridized carbons (Fsp3) is 0.667. The van der Waals surface area contributed by atoms with E-state index >= 15 is 0 Å². The average Bonchev–Trinajstić information content (AvgIpc) is 2.54. The number of hydrogen-bond acceptors (Lipinski definition) is 3. The van der Waals surface area contributed by atoms with Crippen molar-refractivity contribution in [3.05, 3.63) is 29.8 Å². The molecule has 0 saturated carbocycles. The first-order valence-electron chi connectivity index (χ1n) is 9.55. The largest absolute Gasteiger partial charge is 0.427 e. The van der Waals surface area contributed by atoms with Gasteiger partial charge in [-0.25, -0.2) is 0 Å². The predicted octanol–water partition coefficient (Wildman–Crippen LogP) is 5.21. The summed E-state index contributed by atoms with van der Waals surface area (Å²) in [5, 5.41) is 0. The van der Waals surface area contributed by atoms with Crippen molar-refractivity contribution in [2.45, 2.75) is 65.8 Å². The van der Waals surface area contributed by atoms with Crippen molar-refractivity contribution in [1.29, 1.82) is 0 Å². The summed E-state index contributed by atoms with van der Waals surface area (Å²) in [6.45, 7) is 10.8. The summed E-state index contributed by atoms with van der Waals surface area (Å²) in [7, 11) is 0. The Labute approximate surface area is 147 Å². The van der Waals surface area contributed by atoms with Crippen LogP contribution in [-0.2, 0) is 4.79 Å². The van der Waals surface area contributed by atoms with Gasteiger partial charge < -0.3 is 4.74 Å². The number of benzene rings is 1. The number of unbranched alkanes of at least 4 members (excludes halogenated alkanes) is 3. The Hall–Kier alpha value is -1.35. The van der Waals surface area contributed by atoms with Crippen molar-refractivity contribution in [2.24, 2.45) is 11.8 Å². The molecule has 2 rings (SSSR count). The normalized spacial score (nSPS) is 24.8. The van der Waals surface area contributed by atoms with Crippen molar-refractivity contribution in [1.82, 2.24) is 4.90 Å². The van der Waals surface area contributed by atoms with Crippen molar-refractivity contribution in [3.8, 4) is 5.75 Å². The lowest BCUT2D eigenvalue weighted by molar-refractivity contribution is -0.131. The molecule has 0 spiro atoms. The number of piperidine rings is 1. The molecule has 1 aliphatic heterocycles. The van der Waals surface area contributed by atoms with E-state index in [1.165, 1.54) is 57.7 Å². The minimum absolute atomic E-state index is 0.256. The molecule has 24 heavy (non-hydrogen) atoms. The zero-order valence-electron chi connectivity index (χ0n) is 15.8. The van der Waals surface area contributed by atoms with Crippen LogP contribution in [0.5, 0.6) is 5.75 Å². The molecule has 1 saturated heterocycles. The first-order valence-corrected chi connectivity index (χ1v) is 9.55. The van der Waals surface area contributed by atoms with Gasteiger partial charge in [-0.1, -0.05) is 52.2 Å². The van der Waals surface area contributed by atoms with E-state index < -0.39 is 0 Å². The zero-order chi connectivity index (χ0) is 17.5. The number of ether oxygens (including phenoxy) is 1. The average molecular weight is 332 g/mol. The van der Waals surface area contributed by atoms with E-state index in [0.717, 1.165) is 5.92 Å². The number of carbonyl (C=O) groups excluding carboxylic acids is 1. The maximum atomic E-state index is 11.3. The van der Waals surface area contributed by atoms with Crippen LogP contribution < -0.4 is 4.74 Å². The molecule has 1 aromatic rings. The van der Waals surface area contributed by atoms with Gasteiger partial charge in [0.1, 0.15) is 5.75 Å². The van der Waals surface area contributed by atoms with E-state index in [0.29, 0.717) is 17.7 Å². The summed E-state index contributed by atoms with van der Waals surface area (Å²) < 4.78 is 5.30. The minimum atomic E-state index is -0.256. The Balaban J connectivity index is 2.15. The highest BCUT2D eigenvalue weighted by Gasteiger charge is 2.33. The molecule has 3 heteroatoms. The van der Waals surface area contributed by atoms with Crippen LogP contribution in [0.15, 0.2) is 24.3 Å². The summed E-state index contributed by atoms with van der Waals surface area (Å²) >= 11 is 0. The molecule has 0 N–H and O–H groups in total. The molecule has 1 aromatic carbocycles. The molecule has 0 bridgehead atoms. The topological polar surface area (TPSA) is 29.5 Å². The molecule has 0 amide bonds. The van der Waals surface area contributed by atoms with Crippen LogP contribution in [0.1, 0.15) is 71.4 Å². The van der Waals surface area contributed by atoms with Crippen molar-refractivity contribution in [2.75, 3.05) is 13.1 Å². The number of rotatable bonds is 7. The van der Waals surface area contributed by atoms with Gasteiger partial charge in [0.15, 0.2) is 0 Å². The fourth-order valence-corrected chi connectivity index (χ4v) is 3.85. The molecule has 3 nitrogen and oxygen atoms in total. The second kappa shape index (κ2) is 9.22. The Morgan fingerprint density at radius 1 is 1.25 bits per heavy atom. The van der Waals surface area contributed by atoms with E-state index in [1.807, 2.05) is 12.1 Å². The number of carbonyl (C=O) groups is 1. The quantitative estimate of drug-likeness (QED) is 0.390. The van der Waals surface area contributed by atoms with Gasteiger partial charge >= 0.3 is 5.97 Å². The summed E-state index contributed by atoms with van der Waals surface area (Å²) in [5.41, 5.74) is 1.28. The second-order valence-corrected chi connectivity index (χ2v) is 7.33. The van der Waals surface area contributed by atoms with E-state index in [9.17, 15) is 4.79 Å². The highest BCUT2D eigenvalue weighted by Crippen LogP contribution is 2.40. The summed E-state index contributed by atoms with van der Waals surface area (Å²) in [6.07, 6.45) is 6.47. The number of likely N-dealkylation sites (tertiary alicyclic amines) is 1. The van der Waals surface area contributed by atoms with Crippen LogP contribution >= 0.6 is 0 Å². The lowest BCUT2D eigenvalue weighted by atomic mass is 9.79. The van der Waals surface area contributed by atoms with Crippen molar-refractivity contribution in [3.63, 3.8) is 0 Å². The Morgan fingerprint density at radius 3 is 2.75 bits per heavy atom. The fourth-order valence-electron chi connectivity index (χ4n) is 3.85. The van der Waals surface area contributed by atoms with Gasteiger partial charge in [0.2, 0.25) is 0 Å². The summed E-state index contributed by atoms with van der Waals surface area (Å²) in [6, 6.07) is 8.54. The smallest absolute Gasteiger partial charge is 0.308 e. The summed E-state index contributed by atoms with van der Waals surface area (Å²) in [4.78, 5) is 13.9. The van der Waals surface area contributed by atoms with E-state index in [2.05, 4.69) is 37.8 Å². The second-order valence-electron chi connectivity index (χ2n) is 7.33. The first kappa shape index (κ1) is 19.0. The Kier molecular flexibility index (Phi) is 7.29.